The van der Waals surface area contributed by atoms with Gasteiger partial charge in [-0.05, 0) is 42.8 Å². The van der Waals surface area contributed by atoms with Crippen molar-refractivity contribution in [3.63, 3.8) is 0 Å². The molecule has 0 bridgehead atoms. The van der Waals surface area contributed by atoms with E-state index in [1.807, 2.05) is 13.1 Å². The molecule has 1 atom stereocenters. The molecule has 0 heterocycles. The second-order valence-corrected chi connectivity index (χ2v) is 12.7. The molecule has 0 radical (unpaired) electrons. The number of nitrogens with one attached hydrogen (secondary N) is 1. The summed E-state index contributed by atoms with van der Waals surface area (Å²) in [5, 5.41) is 2.37. The summed E-state index contributed by atoms with van der Waals surface area (Å²) in [7, 11) is -2.03. The fourth-order valence-electron chi connectivity index (χ4n) is 2.01. The van der Waals surface area contributed by atoms with Crippen molar-refractivity contribution in [2.24, 2.45) is 5.73 Å². The summed E-state index contributed by atoms with van der Waals surface area (Å²) in [5.41, 5.74) is 4.19. The van der Waals surface area contributed by atoms with Gasteiger partial charge in [-0.15, -0.1) is 0 Å². The molecule has 9 heteroatoms. The van der Waals surface area contributed by atoms with Gasteiger partial charge in [-0.3, -0.25) is 9.59 Å². The molecule has 27 heavy (non-hydrogen) atoms. The van der Waals surface area contributed by atoms with Crippen molar-refractivity contribution in [3.05, 3.63) is 35.4 Å². The molecule has 0 fully saturated rings. The highest BCUT2D eigenvalue weighted by Crippen LogP contribution is 2.36. The molecule has 0 aliphatic rings. The second kappa shape index (κ2) is 8.43. The van der Waals surface area contributed by atoms with Crippen LogP contribution >= 0.6 is 0 Å². The summed E-state index contributed by atoms with van der Waals surface area (Å²) < 4.78 is 44.3. The average molecular weight is 405 g/mol. The molecular weight excluding hydrogens is 377 g/mol. The number of primary amides is 1. The van der Waals surface area contributed by atoms with Crippen molar-refractivity contribution >= 4 is 20.1 Å². The van der Waals surface area contributed by atoms with Gasteiger partial charge in [-0.1, -0.05) is 26.8 Å². The Morgan fingerprint density at radius 2 is 1.81 bits per heavy atom. The number of hydrogen-bond donors (Lipinski definition) is 2. The highest BCUT2D eigenvalue weighted by atomic mass is 28.4. The van der Waals surface area contributed by atoms with Crippen LogP contribution in [0.4, 0.5) is 13.2 Å². The van der Waals surface area contributed by atoms with Gasteiger partial charge in [0.2, 0.25) is 5.91 Å². The van der Waals surface area contributed by atoms with Gasteiger partial charge in [0.15, 0.2) is 8.32 Å². The highest BCUT2D eigenvalue weighted by molar-refractivity contribution is 6.74. The van der Waals surface area contributed by atoms with Gasteiger partial charge in [0.25, 0.3) is 5.91 Å². The number of nitrogens with two attached hydrogens (primary N) is 1. The molecule has 3 N–H and O–H groups in total. The fraction of sp³-hybridized carbons (Fsp3) is 0.556. The van der Waals surface area contributed by atoms with Crippen LogP contribution in [0.25, 0.3) is 0 Å². The number of carbonyl (C=O) groups excluding carboxylic acids is 2. The van der Waals surface area contributed by atoms with Crippen molar-refractivity contribution in [2.45, 2.75) is 57.5 Å². The van der Waals surface area contributed by atoms with Crippen molar-refractivity contribution in [1.29, 1.82) is 0 Å². The molecule has 0 aliphatic heterocycles. The Bertz CT molecular complexity index is 685. The molecule has 2 amide bonds. The molecular formula is C18H27F3N2O3Si. The van der Waals surface area contributed by atoms with Crippen LogP contribution in [0.15, 0.2) is 24.3 Å². The van der Waals surface area contributed by atoms with Crippen LogP contribution in [0.3, 0.4) is 0 Å². The van der Waals surface area contributed by atoms with Gasteiger partial charge < -0.3 is 15.5 Å². The number of carbonyl (C=O) groups is 2. The first-order valence-corrected chi connectivity index (χ1v) is 11.5. The summed E-state index contributed by atoms with van der Waals surface area (Å²) in [6.07, 6.45) is -4.41. The van der Waals surface area contributed by atoms with Crippen LogP contribution in [0.1, 0.15) is 43.1 Å². The van der Waals surface area contributed by atoms with E-state index in [-0.39, 0.29) is 23.6 Å². The van der Waals surface area contributed by atoms with Crippen LogP contribution in [0.5, 0.6) is 0 Å². The van der Waals surface area contributed by atoms with E-state index in [9.17, 15) is 22.8 Å². The minimum atomic E-state index is -4.56. The van der Waals surface area contributed by atoms with Crippen LogP contribution in [-0.4, -0.2) is 32.8 Å². The quantitative estimate of drug-likeness (QED) is 0.680. The minimum Gasteiger partial charge on any atom is -0.417 e. The predicted octanol–water partition coefficient (Wildman–Crippen LogP) is 3.70. The van der Waals surface area contributed by atoms with E-state index in [0.29, 0.717) is 0 Å². The maximum Gasteiger partial charge on any atom is 0.416 e. The molecule has 0 spiro atoms. The maximum absolute atomic E-state index is 12.8. The Hall–Kier alpha value is -1.87. The minimum absolute atomic E-state index is 0.0174. The summed E-state index contributed by atoms with van der Waals surface area (Å²) in [4.78, 5) is 23.9. The van der Waals surface area contributed by atoms with Crippen LogP contribution in [0, 0.1) is 0 Å². The molecule has 0 saturated heterocycles. The van der Waals surface area contributed by atoms with E-state index < -0.39 is 37.9 Å². The molecule has 152 valence electrons. The third kappa shape index (κ3) is 6.66. The third-order valence-electron chi connectivity index (χ3n) is 4.78. The Morgan fingerprint density at radius 1 is 1.22 bits per heavy atom. The standard InChI is InChI=1S/C18H27F3N2O3Si/c1-17(2,3)27(4,5)26-10-9-14(15(22)24)23-16(25)12-7-6-8-13(11-12)18(19,20)21/h6-8,11,14H,9-10H2,1-5H3,(H2,22,24)(H,23,25)/t14-/m1/s1. The molecule has 1 aromatic carbocycles. The van der Waals surface area contributed by atoms with Gasteiger partial charge >= 0.3 is 6.18 Å². The lowest BCUT2D eigenvalue weighted by molar-refractivity contribution is -0.137. The summed E-state index contributed by atoms with van der Waals surface area (Å²) in [6, 6.07) is 2.96. The van der Waals surface area contributed by atoms with Gasteiger partial charge in [0.1, 0.15) is 6.04 Å². The van der Waals surface area contributed by atoms with E-state index in [0.717, 1.165) is 18.2 Å². The molecule has 5 nitrogen and oxygen atoms in total. The van der Waals surface area contributed by atoms with Gasteiger partial charge in [-0.2, -0.15) is 13.2 Å². The van der Waals surface area contributed by atoms with E-state index >= 15 is 0 Å². The Kier molecular flexibility index (Phi) is 7.23. The molecule has 0 saturated carbocycles. The first-order valence-electron chi connectivity index (χ1n) is 8.56. The zero-order valence-electron chi connectivity index (χ0n) is 16.2. The van der Waals surface area contributed by atoms with Crippen LogP contribution in [0.2, 0.25) is 18.1 Å². The number of alkyl halides is 3. The summed E-state index contributed by atoms with van der Waals surface area (Å²) in [6.45, 7) is 10.5. The molecule has 0 aliphatic carbocycles. The normalized spacial score (nSPS) is 13.9. The predicted molar refractivity (Wildman–Crippen MR) is 99.7 cm³/mol. The van der Waals surface area contributed by atoms with Crippen molar-refractivity contribution in [1.82, 2.24) is 5.32 Å². The number of rotatable bonds is 7. The summed E-state index contributed by atoms with van der Waals surface area (Å²) in [5.74, 6) is -1.56. The average Bonchev–Trinajstić information content (AvgIpc) is 2.51. The fourth-order valence-corrected chi connectivity index (χ4v) is 3.07. The first-order chi connectivity index (χ1) is 12.1. The number of amides is 2. The van der Waals surface area contributed by atoms with Crippen molar-refractivity contribution in [2.75, 3.05) is 6.61 Å². The summed E-state index contributed by atoms with van der Waals surface area (Å²) >= 11 is 0. The SMILES string of the molecule is CC(C)(C)[Si](C)(C)OCC[C@@H](NC(=O)c1cccc(C(F)(F)F)c1)C(N)=O. The zero-order valence-corrected chi connectivity index (χ0v) is 17.2. The molecule has 1 rings (SSSR count). The number of hydrogen-bond acceptors (Lipinski definition) is 3. The number of benzene rings is 1. The topological polar surface area (TPSA) is 81.4 Å². The monoisotopic (exact) mass is 404 g/mol. The van der Waals surface area contributed by atoms with Crippen LogP contribution < -0.4 is 11.1 Å². The lowest BCUT2D eigenvalue weighted by Gasteiger charge is -2.36. The largest absolute Gasteiger partial charge is 0.417 e. The first kappa shape index (κ1) is 23.2. The Labute approximate surface area is 158 Å². The zero-order chi connectivity index (χ0) is 21.0. The molecule has 0 aromatic heterocycles. The third-order valence-corrected chi connectivity index (χ3v) is 9.31. The lowest BCUT2D eigenvalue weighted by atomic mass is 10.1. The molecule has 0 unspecified atom stereocenters. The van der Waals surface area contributed by atoms with E-state index in [1.165, 1.54) is 6.07 Å². The van der Waals surface area contributed by atoms with Crippen LogP contribution in [-0.2, 0) is 15.4 Å². The second-order valence-electron chi connectivity index (χ2n) is 7.90. The van der Waals surface area contributed by atoms with E-state index in [1.54, 1.807) is 0 Å². The highest BCUT2D eigenvalue weighted by Gasteiger charge is 2.37. The van der Waals surface area contributed by atoms with E-state index in [2.05, 4.69) is 26.1 Å². The van der Waals surface area contributed by atoms with E-state index in [4.69, 9.17) is 10.2 Å². The maximum atomic E-state index is 12.8. The Morgan fingerprint density at radius 3 is 2.30 bits per heavy atom. The number of halogens is 3. The smallest absolute Gasteiger partial charge is 0.416 e. The van der Waals surface area contributed by atoms with Crippen molar-refractivity contribution < 1.29 is 27.2 Å². The van der Waals surface area contributed by atoms with Gasteiger partial charge in [-0.25, -0.2) is 0 Å². The lowest BCUT2D eigenvalue weighted by Crippen LogP contribution is -2.47. The van der Waals surface area contributed by atoms with Crippen molar-refractivity contribution in [3.8, 4) is 0 Å². The van der Waals surface area contributed by atoms with Gasteiger partial charge in [0.05, 0.1) is 5.56 Å². The van der Waals surface area contributed by atoms with Gasteiger partial charge in [0, 0.05) is 12.2 Å². The molecule has 1 aromatic rings. The Balaban J connectivity index is 2.78.